The number of rotatable bonds is 14. The summed E-state index contributed by atoms with van der Waals surface area (Å²) in [6.07, 6.45) is 10.5. The van der Waals surface area contributed by atoms with Gasteiger partial charge in [0.2, 0.25) is 0 Å². The maximum atomic E-state index is 11.7. The van der Waals surface area contributed by atoms with E-state index in [1.54, 1.807) is 0 Å². The molecular formula is C26H38N2O8Zn. The third-order valence-electron chi connectivity index (χ3n) is 6.12. The molecule has 0 radical (unpaired) electrons. The molecule has 2 aliphatic heterocycles. The Hall–Kier alpha value is -2.68. The normalized spacial score (nSPS) is 16.5. The molecule has 0 bridgehead atoms. The topological polar surface area (TPSA) is 149 Å². The van der Waals surface area contributed by atoms with Crippen LogP contribution < -0.4 is 0 Å². The Labute approximate surface area is 230 Å². The molecule has 2 heterocycles. The molecule has 2 unspecified atom stereocenters. The third kappa shape index (κ3) is 9.95. The Balaban J connectivity index is 0.000000682. The van der Waals surface area contributed by atoms with Crippen LogP contribution in [0.3, 0.4) is 0 Å². The summed E-state index contributed by atoms with van der Waals surface area (Å²) in [6.45, 7) is 7.18. The summed E-state index contributed by atoms with van der Waals surface area (Å²) < 4.78 is 0. The Morgan fingerprint density at radius 2 is 1.00 bits per heavy atom. The van der Waals surface area contributed by atoms with Crippen molar-refractivity contribution in [1.82, 2.24) is 9.80 Å². The molecule has 37 heavy (non-hydrogen) atoms. The summed E-state index contributed by atoms with van der Waals surface area (Å²) in [5, 5.41) is 18.3. The number of nitrogens with zero attached hydrogens (tertiary/aromatic N) is 2. The summed E-state index contributed by atoms with van der Waals surface area (Å²) in [6, 6.07) is -2.06. The molecule has 0 aromatic rings. The van der Waals surface area contributed by atoms with Gasteiger partial charge in [-0.1, -0.05) is 65.2 Å². The van der Waals surface area contributed by atoms with Gasteiger partial charge in [0.15, 0.2) is 0 Å². The molecule has 202 valence electrons. The van der Waals surface area contributed by atoms with Gasteiger partial charge in [-0.05, 0) is 26.7 Å². The van der Waals surface area contributed by atoms with Gasteiger partial charge in [-0.2, -0.15) is 0 Å². The van der Waals surface area contributed by atoms with Crippen LogP contribution in [0.5, 0.6) is 0 Å². The van der Waals surface area contributed by atoms with Crippen LogP contribution in [0.25, 0.3) is 0 Å². The smallest absolute Gasteiger partial charge is 0.326 e. The van der Waals surface area contributed by atoms with E-state index in [0.29, 0.717) is 36.8 Å². The predicted molar refractivity (Wildman–Crippen MR) is 132 cm³/mol. The molecule has 0 aliphatic carbocycles. The zero-order valence-corrected chi connectivity index (χ0v) is 25.3. The fourth-order valence-electron chi connectivity index (χ4n) is 4.06. The first-order valence-corrected chi connectivity index (χ1v) is 12.5. The molecule has 0 spiro atoms. The standard InChI is InChI=1S/2C13H19NO4.Zn/c2*1-3-4-5-6-7-10(13(17)18)14-11(15)8-9(2)12(14)16;/h2*8,10H,3-7H2,1-2H3,(H,17,18);. The molecule has 4 amide bonds. The number of carboxylic acids is 2. The van der Waals surface area contributed by atoms with Crippen molar-refractivity contribution in [1.29, 1.82) is 0 Å². The van der Waals surface area contributed by atoms with E-state index in [9.17, 15) is 28.8 Å². The van der Waals surface area contributed by atoms with Crippen molar-refractivity contribution >= 4 is 35.6 Å². The van der Waals surface area contributed by atoms with Crippen LogP contribution >= 0.6 is 0 Å². The van der Waals surface area contributed by atoms with Crippen molar-refractivity contribution in [3.63, 3.8) is 0 Å². The molecule has 0 saturated carbocycles. The number of carboxylic acid groups (broad SMARTS) is 2. The van der Waals surface area contributed by atoms with Gasteiger partial charge in [0.1, 0.15) is 12.1 Å². The van der Waals surface area contributed by atoms with Crippen LogP contribution in [-0.4, -0.2) is 67.7 Å². The zero-order valence-electron chi connectivity index (χ0n) is 22.3. The van der Waals surface area contributed by atoms with E-state index < -0.39 is 47.7 Å². The number of carbonyl (C=O) groups excluding carboxylic acids is 4. The molecule has 0 fully saturated rings. The summed E-state index contributed by atoms with van der Waals surface area (Å²) in [7, 11) is 0. The van der Waals surface area contributed by atoms with Crippen LogP contribution in [0, 0.1) is 0 Å². The summed E-state index contributed by atoms with van der Waals surface area (Å²) >= 11 is 0. The van der Waals surface area contributed by atoms with Crippen molar-refractivity contribution in [3.05, 3.63) is 23.3 Å². The monoisotopic (exact) mass is 570 g/mol. The molecule has 0 aromatic heterocycles. The van der Waals surface area contributed by atoms with Crippen LogP contribution in [0.1, 0.15) is 91.9 Å². The fraction of sp³-hybridized carbons (Fsp3) is 0.615. The van der Waals surface area contributed by atoms with Crippen molar-refractivity contribution in [3.8, 4) is 0 Å². The second-order valence-corrected chi connectivity index (χ2v) is 9.09. The maximum Gasteiger partial charge on any atom is 0.326 e. The van der Waals surface area contributed by atoms with Crippen LogP contribution in [0.2, 0.25) is 0 Å². The second kappa shape index (κ2) is 16.9. The SMILES string of the molecule is CCCCCCC(C(=O)O)N1C(=O)C=C(C)C1=O.CCCCCCC(C(=O)O)N1C(=O)C=C(C)C1=O.[Zn]. The summed E-state index contributed by atoms with van der Waals surface area (Å²) in [5.41, 5.74) is 0.611. The molecule has 2 aliphatic rings. The quantitative estimate of drug-likeness (QED) is 0.183. The number of hydrogen-bond acceptors (Lipinski definition) is 6. The van der Waals surface area contributed by atoms with Crippen molar-refractivity contribution in [2.75, 3.05) is 0 Å². The zero-order chi connectivity index (χ0) is 27.4. The first-order chi connectivity index (χ1) is 17.0. The average Bonchev–Trinajstić information content (AvgIpc) is 3.21. The second-order valence-electron chi connectivity index (χ2n) is 9.09. The van der Waals surface area contributed by atoms with Crippen LogP contribution in [-0.2, 0) is 48.2 Å². The molecule has 2 rings (SSSR count). The van der Waals surface area contributed by atoms with Gasteiger partial charge in [-0.15, -0.1) is 0 Å². The van der Waals surface area contributed by atoms with E-state index in [1.165, 1.54) is 26.0 Å². The van der Waals surface area contributed by atoms with E-state index in [4.69, 9.17) is 10.2 Å². The average molecular weight is 572 g/mol. The van der Waals surface area contributed by atoms with Crippen LogP contribution in [0.4, 0.5) is 0 Å². The first-order valence-electron chi connectivity index (χ1n) is 12.5. The van der Waals surface area contributed by atoms with Gasteiger partial charge in [0.25, 0.3) is 23.6 Å². The van der Waals surface area contributed by atoms with Crippen LogP contribution in [0.15, 0.2) is 23.3 Å². The largest absolute Gasteiger partial charge is 0.480 e. The molecule has 2 N–H and O–H groups in total. The number of hydrogen-bond donors (Lipinski definition) is 2. The predicted octanol–water partition coefficient (Wildman–Crippen LogP) is 3.45. The van der Waals surface area contributed by atoms with E-state index in [-0.39, 0.29) is 19.5 Å². The van der Waals surface area contributed by atoms with Gasteiger partial charge in [0.05, 0.1) is 0 Å². The van der Waals surface area contributed by atoms with E-state index in [2.05, 4.69) is 13.8 Å². The van der Waals surface area contributed by atoms with Gasteiger partial charge < -0.3 is 10.2 Å². The number of aliphatic carboxylic acids is 2. The number of imide groups is 2. The van der Waals surface area contributed by atoms with Gasteiger partial charge in [0, 0.05) is 42.8 Å². The minimum Gasteiger partial charge on any atom is -0.480 e. The van der Waals surface area contributed by atoms with E-state index in [0.717, 1.165) is 48.3 Å². The fourth-order valence-corrected chi connectivity index (χ4v) is 4.06. The van der Waals surface area contributed by atoms with Crippen molar-refractivity contribution in [2.24, 2.45) is 0 Å². The van der Waals surface area contributed by atoms with Gasteiger partial charge >= 0.3 is 11.9 Å². The van der Waals surface area contributed by atoms with Crippen molar-refractivity contribution < 1.29 is 58.5 Å². The Morgan fingerprint density at radius 1 is 0.676 bits per heavy atom. The molecule has 0 aromatic carbocycles. The minimum absolute atomic E-state index is 0. The van der Waals surface area contributed by atoms with Gasteiger partial charge in [-0.25, -0.2) is 9.59 Å². The maximum absolute atomic E-state index is 11.7. The molecular weight excluding hydrogens is 534 g/mol. The first kappa shape index (κ1) is 34.3. The summed E-state index contributed by atoms with van der Waals surface area (Å²) in [4.78, 5) is 70.7. The Kier molecular flexibility index (Phi) is 15.7. The summed E-state index contributed by atoms with van der Waals surface area (Å²) in [5.74, 6) is -4.22. The Morgan fingerprint density at radius 3 is 1.22 bits per heavy atom. The molecule has 10 nitrogen and oxygen atoms in total. The van der Waals surface area contributed by atoms with E-state index >= 15 is 0 Å². The number of carbonyl (C=O) groups is 6. The van der Waals surface area contributed by atoms with E-state index in [1.807, 2.05) is 0 Å². The molecule has 2 atom stereocenters. The van der Waals surface area contributed by atoms with Gasteiger partial charge in [-0.3, -0.25) is 29.0 Å². The molecule has 11 heteroatoms. The number of amides is 4. The number of unbranched alkanes of at least 4 members (excludes halogenated alkanes) is 6. The Bertz CT molecular complexity index is 854. The molecule has 0 saturated heterocycles. The van der Waals surface area contributed by atoms with Crippen molar-refractivity contribution in [2.45, 2.75) is 104 Å². The minimum atomic E-state index is -1.11. The third-order valence-corrected chi connectivity index (χ3v) is 6.12.